The van der Waals surface area contributed by atoms with Gasteiger partial charge >= 0.3 is 0 Å². The van der Waals surface area contributed by atoms with E-state index in [2.05, 4.69) is 51.9 Å². The number of amides is 1. The fourth-order valence-corrected chi connectivity index (χ4v) is 4.13. The number of hydrogen-bond acceptors (Lipinski definition) is 4. The van der Waals surface area contributed by atoms with Crippen molar-refractivity contribution in [2.75, 3.05) is 36.5 Å². The van der Waals surface area contributed by atoms with Crippen molar-refractivity contribution in [3.63, 3.8) is 0 Å². The lowest BCUT2D eigenvalue weighted by molar-refractivity contribution is -0.118. The van der Waals surface area contributed by atoms with Gasteiger partial charge in [0.1, 0.15) is 0 Å². The number of fused-ring (bicyclic) bond motifs is 1. The summed E-state index contributed by atoms with van der Waals surface area (Å²) in [6.07, 6.45) is 3.36. The average molecular weight is 380 g/mol. The molecule has 1 aliphatic heterocycles. The van der Waals surface area contributed by atoms with Gasteiger partial charge in [0.05, 0.1) is 19.3 Å². The van der Waals surface area contributed by atoms with Crippen molar-refractivity contribution in [1.82, 2.24) is 5.32 Å². The Balaban J connectivity index is 1.34. The van der Waals surface area contributed by atoms with E-state index in [0.29, 0.717) is 0 Å². The van der Waals surface area contributed by atoms with Gasteiger partial charge in [-0.1, -0.05) is 24.3 Å². The van der Waals surface area contributed by atoms with E-state index in [0.717, 1.165) is 51.3 Å². The molecular formula is C23H29N3O2. The van der Waals surface area contributed by atoms with Crippen LogP contribution >= 0.6 is 0 Å². The third kappa shape index (κ3) is 4.37. The number of ether oxygens (including phenoxy) is 1. The molecule has 0 aromatic heterocycles. The van der Waals surface area contributed by atoms with E-state index in [1.54, 1.807) is 0 Å². The molecule has 1 saturated heterocycles. The summed E-state index contributed by atoms with van der Waals surface area (Å²) in [6.45, 7) is 5.30. The molecule has 0 bridgehead atoms. The van der Waals surface area contributed by atoms with E-state index in [4.69, 9.17) is 4.74 Å². The number of aryl methyl sites for hydroxylation is 1. The molecule has 2 aromatic rings. The number of carbonyl (C=O) groups is 1. The van der Waals surface area contributed by atoms with Crippen molar-refractivity contribution in [2.45, 2.75) is 38.3 Å². The van der Waals surface area contributed by atoms with Crippen LogP contribution in [0.1, 0.15) is 36.9 Å². The zero-order chi connectivity index (χ0) is 19.3. The van der Waals surface area contributed by atoms with Crippen molar-refractivity contribution in [3.8, 4) is 0 Å². The van der Waals surface area contributed by atoms with Crippen LogP contribution in [0.15, 0.2) is 48.5 Å². The highest BCUT2D eigenvalue weighted by atomic mass is 16.5. The maximum absolute atomic E-state index is 12.7. The van der Waals surface area contributed by atoms with E-state index >= 15 is 0 Å². The summed E-state index contributed by atoms with van der Waals surface area (Å²) in [4.78, 5) is 15.0. The molecule has 28 heavy (non-hydrogen) atoms. The Morgan fingerprint density at radius 3 is 2.64 bits per heavy atom. The Kier molecular flexibility index (Phi) is 5.93. The molecule has 2 aliphatic rings. The lowest BCUT2D eigenvalue weighted by atomic mass is 9.87. The fourth-order valence-electron chi connectivity index (χ4n) is 4.13. The first-order valence-corrected chi connectivity index (χ1v) is 10.3. The van der Waals surface area contributed by atoms with Crippen molar-refractivity contribution in [2.24, 2.45) is 0 Å². The first kappa shape index (κ1) is 19.0. The highest BCUT2D eigenvalue weighted by Gasteiger charge is 2.23. The van der Waals surface area contributed by atoms with Gasteiger partial charge < -0.3 is 15.0 Å². The van der Waals surface area contributed by atoms with E-state index in [1.165, 1.54) is 16.8 Å². The smallest absolute Gasteiger partial charge is 0.241 e. The molecule has 1 amide bonds. The summed E-state index contributed by atoms with van der Waals surface area (Å²) in [6, 6.07) is 16.6. The van der Waals surface area contributed by atoms with Crippen LogP contribution in [-0.4, -0.2) is 38.3 Å². The molecule has 1 heterocycles. The van der Waals surface area contributed by atoms with Gasteiger partial charge in [-0.25, -0.2) is 0 Å². The van der Waals surface area contributed by atoms with Gasteiger partial charge in [-0.3, -0.25) is 10.1 Å². The summed E-state index contributed by atoms with van der Waals surface area (Å²) >= 11 is 0. The maximum atomic E-state index is 12.7. The van der Waals surface area contributed by atoms with Crippen molar-refractivity contribution in [3.05, 3.63) is 59.7 Å². The minimum atomic E-state index is -0.255. The summed E-state index contributed by atoms with van der Waals surface area (Å²) in [5.41, 5.74) is 4.74. The Morgan fingerprint density at radius 2 is 1.86 bits per heavy atom. The van der Waals surface area contributed by atoms with Crippen LogP contribution in [0.3, 0.4) is 0 Å². The lowest BCUT2D eigenvalue weighted by Gasteiger charge is -2.29. The number of nitrogens with one attached hydrogen (secondary N) is 2. The lowest BCUT2D eigenvalue weighted by Crippen LogP contribution is -2.41. The molecule has 4 rings (SSSR count). The van der Waals surface area contributed by atoms with E-state index < -0.39 is 0 Å². The Labute approximate surface area is 167 Å². The quantitative estimate of drug-likeness (QED) is 0.835. The van der Waals surface area contributed by atoms with Gasteiger partial charge in [0.2, 0.25) is 5.91 Å². The molecule has 5 nitrogen and oxygen atoms in total. The van der Waals surface area contributed by atoms with Gasteiger partial charge in [-0.15, -0.1) is 0 Å². The van der Waals surface area contributed by atoms with Crippen LogP contribution in [0.5, 0.6) is 0 Å². The standard InChI is InChI=1S/C23H29N3O2/c1-17(24-22-8-4-6-18-5-2-3-7-21(18)22)23(27)25-19-9-11-20(12-10-19)26-13-15-28-16-14-26/h2-3,5,7,9-12,17,22,24H,4,6,8,13-16H2,1H3,(H,25,27)/t17-,22-/m0/s1. The molecule has 0 radical (unpaired) electrons. The van der Waals surface area contributed by atoms with Crippen molar-refractivity contribution >= 4 is 17.3 Å². The van der Waals surface area contributed by atoms with Crippen molar-refractivity contribution < 1.29 is 9.53 Å². The third-order valence-electron chi connectivity index (χ3n) is 5.72. The SMILES string of the molecule is C[C@H](N[C@H]1CCCc2ccccc21)C(=O)Nc1ccc(N2CCOCC2)cc1. The molecule has 0 spiro atoms. The molecule has 0 unspecified atom stereocenters. The molecule has 148 valence electrons. The summed E-state index contributed by atoms with van der Waals surface area (Å²) < 4.78 is 5.40. The molecule has 0 saturated carbocycles. The Hall–Kier alpha value is -2.37. The number of benzene rings is 2. The van der Waals surface area contributed by atoms with Crippen molar-refractivity contribution in [1.29, 1.82) is 0 Å². The number of anilines is 2. The number of rotatable bonds is 5. The van der Waals surface area contributed by atoms with Crippen LogP contribution in [0.2, 0.25) is 0 Å². The van der Waals surface area contributed by atoms with Gasteiger partial charge in [0.15, 0.2) is 0 Å². The largest absolute Gasteiger partial charge is 0.378 e. The molecule has 2 aromatic carbocycles. The second-order valence-electron chi connectivity index (χ2n) is 7.67. The van der Waals surface area contributed by atoms with Crippen LogP contribution in [-0.2, 0) is 16.0 Å². The number of carbonyl (C=O) groups excluding carboxylic acids is 1. The zero-order valence-corrected chi connectivity index (χ0v) is 16.5. The molecule has 2 atom stereocenters. The van der Waals surface area contributed by atoms with Crippen LogP contribution in [0, 0.1) is 0 Å². The molecule has 5 heteroatoms. The van der Waals surface area contributed by atoms with Crippen LogP contribution in [0.25, 0.3) is 0 Å². The fraction of sp³-hybridized carbons (Fsp3) is 0.435. The first-order chi connectivity index (χ1) is 13.7. The minimum Gasteiger partial charge on any atom is -0.378 e. The second kappa shape index (κ2) is 8.76. The predicted molar refractivity (Wildman–Crippen MR) is 113 cm³/mol. The Morgan fingerprint density at radius 1 is 1.11 bits per heavy atom. The third-order valence-corrected chi connectivity index (χ3v) is 5.72. The van der Waals surface area contributed by atoms with E-state index in [-0.39, 0.29) is 18.0 Å². The first-order valence-electron chi connectivity index (χ1n) is 10.3. The van der Waals surface area contributed by atoms with Gasteiger partial charge in [-0.2, -0.15) is 0 Å². The molecule has 1 aliphatic carbocycles. The number of nitrogens with zero attached hydrogens (tertiary/aromatic N) is 1. The molecular weight excluding hydrogens is 350 g/mol. The van der Waals surface area contributed by atoms with Gasteiger partial charge in [0, 0.05) is 30.5 Å². The number of morpholine rings is 1. The average Bonchev–Trinajstić information content (AvgIpc) is 2.75. The highest BCUT2D eigenvalue weighted by Crippen LogP contribution is 2.29. The molecule has 2 N–H and O–H groups in total. The topological polar surface area (TPSA) is 53.6 Å². The normalized spacial score (nSPS) is 20.3. The Bertz CT molecular complexity index is 800. The predicted octanol–water partition coefficient (Wildman–Crippen LogP) is 3.52. The van der Waals surface area contributed by atoms with Crippen LogP contribution < -0.4 is 15.5 Å². The summed E-state index contributed by atoms with van der Waals surface area (Å²) in [5.74, 6) is 0.00202. The van der Waals surface area contributed by atoms with E-state index in [9.17, 15) is 4.79 Å². The molecule has 1 fully saturated rings. The zero-order valence-electron chi connectivity index (χ0n) is 16.5. The van der Waals surface area contributed by atoms with E-state index in [1.807, 2.05) is 19.1 Å². The van der Waals surface area contributed by atoms with Crippen LogP contribution in [0.4, 0.5) is 11.4 Å². The maximum Gasteiger partial charge on any atom is 0.241 e. The monoisotopic (exact) mass is 379 g/mol. The van der Waals surface area contributed by atoms with Gasteiger partial charge in [0.25, 0.3) is 0 Å². The highest BCUT2D eigenvalue weighted by molar-refractivity contribution is 5.94. The second-order valence-corrected chi connectivity index (χ2v) is 7.67. The minimum absolute atomic E-state index is 0.00202. The summed E-state index contributed by atoms with van der Waals surface area (Å²) in [5, 5.41) is 6.56. The van der Waals surface area contributed by atoms with Gasteiger partial charge in [-0.05, 0) is 61.6 Å². The summed E-state index contributed by atoms with van der Waals surface area (Å²) in [7, 11) is 0. The number of hydrogen-bond donors (Lipinski definition) is 2.